The molecule has 6 nitrogen and oxygen atoms in total. The minimum absolute atomic E-state index is 0.0658. The average Bonchev–Trinajstić information content (AvgIpc) is 3.36. The summed E-state index contributed by atoms with van der Waals surface area (Å²) in [5.41, 5.74) is 3.20. The largest absolute Gasteiger partial charge is 0.467 e. The second-order valence-electron chi connectivity index (χ2n) is 7.37. The molecule has 1 aromatic heterocycles. The van der Waals surface area contributed by atoms with Gasteiger partial charge in [0.1, 0.15) is 5.76 Å². The number of rotatable bonds is 6. The highest BCUT2D eigenvalue weighted by atomic mass is 16.3. The predicted molar refractivity (Wildman–Crippen MR) is 111 cm³/mol. The first-order chi connectivity index (χ1) is 14.5. The van der Waals surface area contributed by atoms with Gasteiger partial charge in [0.25, 0.3) is 17.7 Å². The Morgan fingerprint density at radius 3 is 2.33 bits per heavy atom. The molecule has 0 spiro atoms. The molecule has 0 saturated carbocycles. The van der Waals surface area contributed by atoms with Gasteiger partial charge >= 0.3 is 0 Å². The fraction of sp³-hybridized carbons (Fsp3) is 0.208. The van der Waals surface area contributed by atoms with Crippen molar-refractivity contribution >= 4 is 17.7 Å². The van der Waals surface area contributed by atoms with Gasteiger partial charge in [-0.25, -0.2) is 0 Å². The summed E-state index contributed by atoms with van der Waals surface area (Å²) < 4.78 is 5.25. The van der Waals surface area contributed by atoms with Crippen LogP contribution in [-0.4, -0.2) is 34.6 Å². The van der Waals surface area contributed by atoms with Gasteiger partial charge in [-0.3, -0.25) is 19.3 Å². The summed E-state index contributed by atoms with van der Waals surface area (Å²) in [6.45, 7) is 2.62. The number of hydrogen-bond acceptors (Lipinski definition) is 4. The number of aryl methyl sites for hydroxylation is 1. The zero-order valence-electron chi connectivity index (χ0n) is 16.9. The van der Waals surface area contributed by atoms with Gasteiger partial charge < -0.3 is 9.32 Å². The Hall–Kier alpha value is -3.67. The topological polar surface area (TPSA) is 70.8 Å². The standard InChI is InChI=1S/C24H22N2O4/c1-3-16-6-8-17(9-7-16)14-25(2)22(27)18-10-11-20-21(13-18)24(29)26(23(20)28)15-19-5-4-12-30-19/h4-13H,3,14-15H2,1-2H3. The van der Waals surface area contributed by atoms with Crippen LogP contribution in [0.3, 0.4) is 0 Å². The molecule has 6 heteroatoms. The van der Waals surface area contributed by atoms with E-state index in [1.807, 2.05) is 12.1 Å². The first-order valence-electron chi connectivity index (χ1n) is 9.84. The lowest BCUT2D eigenvalue weighted by Gasteiger charge is -2.18. The second kappa shape index (κ2) is 7.99. The Bertz CT molecular complexity index is 1100. The fourth-order valence-corrected chi connectivity index (χ4v) is 3.57. The normalized spacial score (nSPS) is 12.9. The van der Waals surface area contributed by atoms with Crippen molar-refractivity contribution in [2.45, 2.75) is 26.4 Å². The minimum Gasteiger partial charge on any atom is -0.467 e. The molecule has 0 radical (unpaired) electrons. The minimum atomic E-state index is -0.418. The summed E-state index contributed by atoms with van der Waals surface area (Å²) in [7, 11) is 1.72. The Labute approximate surface area is 174 Å². The van der Waals surface area contributed by atoms with Crippen molar-refractivity contribution in [1.29, 1.82) is 0 Å². The Morgan fingerprint density at radius 1 is 0.967 bits per heavy atom. The number of fused-ring (bicyclic) bond motifs is 1. The first kappa shape index (κ1) is 19.6. The molecule has 30 heavy (non-hydrogen) atoms. The third kappa shape index (κ3) is 3.64. The number of imide groups is 1. The number of benzene rings is 2. The molecule has 3 aromatic rings. The average molecular weight is 402 g/mol. The summed E-state index contributed by atoms with van der Waals surface area (Å²) in [6, 6.07) is 16.2. The van der Waals surface area contributed by atoms with Crippen LogP contribution in [0.2, 0.25) is 0 Å². The molecule has 2 heterocycles. The monoisotopic (exact) mass is 402 g/mol. The Morgan fingerprint density at radius 2 is 1.67 bits per heavy atom. The van der Waals surface area contributed by atoms with Crippen molar-refractivity contribution in [3.05, 3.63) is 94.4 Å². The molecule has 0 bridgehead atoms. The van der Waals surface area contributed by atoms with Gasteiger partial charge in [-0.05, 0) is 47.9 Å². The molecule has 0 unspecified atom stereocenters. The molecule has 0 aliphatic carbocycles. The maximum atomic E-state index is 12.9. The van der Waals surface area contributed by atoms with Crippen LogP contribution in [0.4, 0.5) is 0 Å². The molecule has 0 fully saturated rings. The van der Waals surface area contributed by atoms with Crippen molar-refractivity contribution < 1.29 is 18.8 Å². The molecular weight excluding hydrogens is 380 g/mol. The van der Waals surface area contributed by atoms with E-state index in [1.165, 1.54) is 17.9 Å². The van der Waals surface area contributed by atoms with Crippen LogP contribution in [-0.2, 0) is 19.5 Å². The molecule has 0 atom stereocenters. The molecule has 4 rings (SSSR count). The molecular formula is C24H22N2O4. The van der Waals surface area contributed by atoms with Crippen LogP contribution in [0.15, 0.2) is 65.3 Å². The van der Waals surface area contributed by atoms with Crippen molar-refractivity contribution in [2.75, 3.05) is 7.05 Å². The van der Waals surface area contributed by atoms with Gasteiger partial charge in [-0.1, -0.05) is 31.2 Å². The van der Waals surface area contributed by atoms with E-state index in [-0.39, 0.29) is 23.9 Å². The van der Waals surface area contributed by atoms with Gasteiger partial charge in [-0.2, -0.15) is 0 Å². The number of nitrogens with zero attached hydrogens (tertiary/aromatic N) is 2. The van der Waals surface area contributed by atoms with Gasteiger partial charge in [0.15, 0.2) is 0 Å². The number of amides is 3. The second-order valence-corrected chi connectivity index (χ2v) is 7.37. The van der Waals surface area contributed by atoms with E-state index in [1.54, 1.807) is 36.2 Å². The van der Waals surface area contributed by atoms with Crippen molar-refractivity contribution in [2.24, 2.45) is 0 Å². The molecule has 0 N–H and O–H groups in total. The zero-order chi connectivity index (χ0) is 21.3. The summed E-state index contributed by atoms with van der Waals surface area (Å²) in [5.74, 6) is -0.481. The zero-order valence-corrected chi connectivity index (χ0v) is 16.9. The molecule has 152 valence electrons. The smallest absolute Gasteiger partial charge is 0.261 e. The van der Waals surface area contributed by atoms with E-state index in [4.69, 9.17) is 4.42 Å². The lowest BCUT2D eigenvalue weighted by molar-refractivity contribution is 0.0631. The number of carbonyl (C=O) groups excluding carboxylic acids is 3. The predicted octanol–water partition coefficient (Wildman–Crippen LogP) is 3.91. The number of hydrogen-bond donors (Lipinski definition) is 0. The summed E-state index contributed by atoms with van der Waals surface area (Å²) in [6.07, 6.45) is 2.46. The molecule has 0 saturated heterocycles. The lowest BCUT2D eigenvalue weighted by Crippen LogP contribution is -2.29. The van der Waals surface area contributed by atoms with E-state index in [2.05, 4.69) is 19.1 Å². The van der Waals surface area contributed by atoms with Gasteiger partial charge in [0.2, 0.25) is 0 Å². The summed E-state index contributed by atoms with van der Waals surface area (Å²) in [4.78, 5) is 41.0. The van der Waals surface area contributed by atoms with Gasteiger partial charge in [0.05, 0.1) is 23.9 Å². The molecule has 1 aliphatic heterocycles. The highest BCUT2D eigenvalue weighted by Crippen LogP contribution is 2.26. The SMILES string of the molecule is CCc1ccc(CN(C)C(=O)c2ccc3c(c2)C(=O)N(Cc2ccco2)C3=O)cc1. The third-order valence-corrected chi connectivity index (χ3v) is 5.31. The maximum absolute atomic E-state index is 12.9. The fourth-order valence-electron chi connectivity index (χ4n) is 3.57. The van der Waals surface area contributed by atoms with Crippen molar-refractivity contribution in [1.82, 2.24) is 9.80 Å². The van der Waals surface area contributed by atoms with E-state index in [9.17, 15) is 14.4 Å². The first-order valence-corrected chi connectivity index (χ1v) is 9.84. The Kier molecular flexibility index (Phi) is 5.23. The summed E-state index contributed by atoms with van der Waals surface area (Å²) >= 11 is 0. The van der Waals surface area contributed by atoms with Crippen molar-refractivity contribution in [3.63, 3.8) is 0 Å². The highest BCUT2D eigenvalue weighted by molar-refractivity contribution is 6.22. The van der Waals surface area contributed by atoms with E-state index in [0.717, 1.165) is 16.9 Å². The van der Waals surface area contributed by atoms with E-state index < -0.39 is 5.91 Å². The van der Waals surface area contributed by atoms with Crippen LogP contribution in [0, 0.1) is 0 Å². The third-order valence-electron chi connectivity index (χ3n) is 5.31. The lowest BCUT2D eigenvalue weighted by atomic mass is 10.0. The van der Waals surface area contributed by atoms with E-state index >= 15 is 0 Å². The van der Waals surface area contributed by atoms with Crippen LogP contribution in [0.25, 0.3) is 0 Å². The van der Waals surface area contributed by atoms with Crippen LogP contribution in [0.1, 0.15) is 54.9 Å². The van der Waals surface area contributed by atoms with Crippen LogP contribution in [0.5, 0.6) is 0 Å². The molecule has 2 aromatic carbocycles. The van der Waals surface area contributed by atoms with Gasteiger partial charge in [0, 0.05) is 19.2 Å². The maximum Gasteiger partial charge on any atom is 0.261 e. The highest BCUT2D eigenvalue weighted by Gasteiger charge is 2.36. The molecule has 1 aliphatic rings. The van der Waals surface area contributed by atoms with Crippen molar-refractivity contribution in [3.8, 4) is 0 Å². The number of carbonyl (C=O) groups is 3. The quantitative estimate of drug-likeness (QED) is 0.586. The summed E-state index contributed by atoms with van der Waals surface area (Å²) in [5, 5.41) is 0. The van der Waals surface area contributed by atoms with Crippen LogP contribution < -0.4 is 0 Å². The van der Waals surface area contributed by atoms with E-state index in [0.29, 0.717) is 23.4 Å². The Balaban J connectivity index is 1.51. The van der Waals surface area contributed by atoms with Gasteiger partial charge in [-0.15, -0.1) is 0 Å². The molecule has 3 amide bonds. The van der Waals surface area contributed by atoms with Crippen LogP contribution >= 0.6 is 0 Å². The number of furan rings is 1.